The third-order valence-electron chi connectivity index (χ3n) is 5.68. The first-order valence-corrected chi connectivity index (χ1v) is 10.8. The minimum Gasteiger partial charge on any atom is -0.481 e. The lowest BCUT2D eigenvalue weighted by molar-refractivity contribution is -0.138. The number of carboxylic acids is 1. The van der Waals surface area contributed by atoms with Crippen LogP contribution in [0, 0.1) is 0 Å². The molecule has 3 aromatic rings. The van der Waals surface area contributed by atoms with Crippen LogP contribution in [-0.4, -0.2) is 40.4 Å². The Morgan fingerprint density at radius 1 is 1.06 bits per heavy atom. The molecule has 2 aromatic carbocycles. The fraction of sp³-hybridized carbons (Fsp3) is 0.280. The Balaban J connectivity index is 1.35. The van der Waals surface area contributed by atoms with E-state index in [4.69, 9.17) is 14.4 Å². The standard InChI is InChI=1S/C25H25N3O6/c1-25(2,11-22(29)30)27-23(31)20-14-34-28-21(20)12-26-24(32)33-13-19-17-9-5-3-7-15(17)16-8-4-6-10-18(16)19/h3-10,14,19H,11-13H2,1-2H3,(H,26,32)(H,27,31)(H,29,30). The number of carbonyl (C=O) groups excluding carboxylic acids is 2. The molecule has 4 rings (SSSR count). The Labute approximate surface area is 196 Å². The number of fused-ring (bicyclic) bond motifs is 3. The monoisotopic (exact) mass is 463 g/mol. The van der Waals surface area contributed by atoms with E-state index in [0.717, 1.165) is 28.5 Å². The Kier molecular flexibility index (Phi) is 6.36. The molecule has 0 bridgehead atoms. The smallest absolute Gasteiger partial charge is 0.407 e. The summed E-state index contributed by atoms with van der Waals surface area (Å²) in [5.74, 6) is -1.65. The van der Waals surface area contributed by atoms with Gasteiger partial charge in [-0.25, -0.2) is 4.79 Å². The highest BCUT2D eigenvalue weighted by molar-refractivity contribution is 5.95. The number of nitrogens with zero attached hydrogens (tertiary/aromatic N) is 1. The van der Waals surface area contributed by atoms with E-state index in [9.17, 15) is 14.4 Å². The van der Waals surface area contributed by atoms with Crippen molar-refractivity contribution in [3.63, 3.8) is 0 Å². The second-order valence-electron chi connectivity index (χ2n) is 8.76. The summed E-state index contributed by atoms with van der Waals surface area (Å²) < 4.78 is 10.4. The van der Waals surface area contributed by atoms with Gasteiger partial charge in [0.25, 0.3) is 5.91 Å². The highest BCUT2D eigenvalue weighted by Crippen LogP contribution is 2.44. The molecular formula is C25H25N3O6. The highest BCUT2D eigenvalue weighted by atomic mass is 16.5. The molecule has 9 nitrogen and oxygen atoms in total. The Morgan fingerprint density at radius 3 is 2.29 bits per heavy atom. The maximum atomic E-state index is 12.6. The van der Waals surface area contributed by atoms with E-state index in [2.05, 4.69) is 27.9 Å². The molecule has 0 spiro atoms. The number of benzene rings is 2. The minimum atomic E-state index is -1.03. The van der Waals surface area contributed by atoms with Gasteiger partial charge in [-0.3, -0.25) is 9.59 Å². The SMILES string of the molecule is CC(C)(CC(=O)O)NC(=O)c1conc1CNC(=O)OCC1c2ccccc2-c2ccccc21. The fourth-order valence-corrected chi connectivity index (χ4v) is 4.17. The number of nitrogens with one attached hydrogen (secondary N) is 2. The lowest BCUT2D eigenvalue weighted by Gasteiger charge is -2.23. The van der Waals surface area contributed by atoms with Crippen molar-refractivity contribution in [2.24, 2.45) is 0 Å². The zero-order valence-electron chi connectivity index (χ0n) is 18.8. The molecule has 1 heterocycles. The average Bonchev–Trinajstić information content (AvgIpc) is 3.38. The molecular weight excluding hydrogens is 438 g/mol. The van der Waals surface area contributed by atoms with E-state index in [1.807, 2.05) is 36.4 Å². The van der Waals surface area contributed by atoms with Crippen LogP contribution in [0.1, 0.15) is 53.4 Å². The van der Waals surface area contributed by atoms with Crippen LogP contribution in [0.2, 0.25) is 0 Å². The number of rotatable bonds is 8. The van der Waals surface area contributed by atoms with E-state index >= 15 is 0 Å². The third-order valence-corrected chi connectivity index (χ3v) is 5.68. The number of ether oxygens (including phenoxy) is 1. The number of alkyl carbamates (subject to hydrolysis) is 1. The maximum absolute atomic E-state index is 12.6. The summed E-state index contributed by atoms with van der Waals surface area (Å²) in [5, 5.41) is 18.0. The molecule has 2 amide bonds. The van der Waals surface area contributed by atoms with Gasteiger partial charge in [-0.15, -0.1) is 0 Å². The third kappa shape index (κ3) is 4.93. The van der Waals surface area contributed by atoms with Gasteiger partial charge in [-0.2, -0.15) is 0 Å². The van der Waals surface area contributed by atoms with Crippen molar-refractivity contribution in [2.45, 2.75) is 38.3 Å². The van der Waals surface area contributed by atoms with Crippen LogP contribution in [0.4, 0.5) is 4.79 Å². The van der Waals surface area contributed by atoms with Gasteiger partial charge in [0.05, 0.1) is 13.0 Å². The van der Waals surface area contributed by atoms with Gasteiger partial charge >= 0.3 is 12.1 Å². The first-order valence-electron chi connectivity index (χ1n) is 10.8. The molecule has 34 heavy (non-hydrogen) atoms. The van der Waals surface area contributed by atoms with Crippen LogP contribution in [0.5, 0.6) is 0 Å². The maximum Gasteiger partial charge on any atom is 0.407 e. The van der Waals surface area contributed by atoms with Crippen molar-refractivity contribution in [2.75, 3.05) is 6.61 Å². The zero-order chi connectivity index (χ0) is 24.3. The zero-order valence-corrected chi connectivity index (χ0v) is 18.8. The van der Waals surface area contributed by atoms with Crippen molar-refractivity contribution in [3.05, 3.63) is 77.2 Å². The quantitative estimate of drug-likeness (QED) is 0.464. The van der Waals surface area contributed by atoms with E-state index in [1.54, 1.807) is 13.8 Å². The molecule has 1 aliphatic rings. The molecule has 0 saturated carbocycles. The van der Waals surface area contributed by atoms with Crippen LogP contribution in [0.15, 0.2) is 59.3 Å². The van der Waals surface area contributed by atoms with E-state index in [-0.39, 0.29) is 36.7 Å². The molecule has 176 valence electrons. The molecule has 0 fully saturated rings. The molecule has 0 saturated heterocycles. The van der Waals surface area contributed by atoms with Crippen LogP contribution < -0.4 is 10.6 Å². The Morgan fingerprint density at radius 2 is 1.68 bits per heavy atom. The largest absolute Gasteiger partial charge is 0.481 e. The van der Waals surface area contributed by atoms with Crippen molar-refractivity contribution in [1.29, 1.82) is 0 Å². The lowest BCUT2D eigenvalue weighted by atomic mass is 9.98. The van der Waals surface area contributed by atoms with Crippen molar-refractivity contribution >= 4 is 18.0 Å². The molecule has 3 N–H and O–H groups in total. The first kappa shape index (κ1) is 23.0. The van der Waals surface area contributed by atoms with Gasteiger partial charge in [-0.1, -0.05) is 53.7 Å². The molecule has 0 unspecified atom stereocenters. The summed E-state index contributed by atoms with van der Waals surface area (Å²) in [6.07, 6.45) is 0.251. The highest BCUT2D eigenvalue weighted by Gasteiger charge is 2.29. The van der Waals surface area contributed by atoms with Gasteiger partial charge in [0.1, 0.15) is 24.1 Å². The number of aliphatic carboxylic acids is 1. The predicted octanol–water partition coefficient (Wildman–Crippen LogP) is 3.70. The Hall–Kier alpha value is -4.14. The fourth-order valence-electron chi connectivity index (χ4n) is 4.17. The van der Waals surface area contributed by atoms with E-state index < -0.39 is 23.5 Å². The summed E-state index contributed by atoms with van der Waals surface area (Å²) in [5.41, 5.74) is 3.83. The van der Waals surface area contributed by atoms with Gasteiger partial charge in [0.2, 0.25) is 0 Å². The van der Waals surface area contributed by atoms with Gasteiger partial charge in [0.15, 0.2) is 0 Å². The van der Waals surface area contributed by atoms with E-state index in [1.165, 1.54) is 0 Å². The van der Waals surface area contributed by atoms with Crippen LogP contribution in [0.3, 0.4) is 0 Å². The van der Waals surface area contributed by atoms with Crippen LogP contribution >= 0.6 is 0 Å². The first-order chi connectivity index (χ1) is 16.2. The number of amides is 2. The van der Waals surface area contributed by atoms with Crippen LogP contribution in [0.25, 0.3) is 11.1 Å². The summed E-state index contributed by atoms with van der Waals surface area (Å²) in [6, 6.07) is 16.1. The second-order valence-corrected chi connectivity index (χ2v) is 8.76. The topological polar surface area (TPSA) is 131 Å². The van der Waals surface area contributed by atoms with Crippen molar-refractivity contribution < 1.29 is 28.8 Å². The number of hydrogen-bond donors (Lipinski definition) is 3. The van der Waals surface area contributed by atoms with Crippen molar-refractivity contribution in [1.82, 2.24) is 15.8 Å². The molecule has 0 aliphatic heterocycles. The van der Waals surface area contributed by atoms with Gasteiger partial charge < -0.3 is 25.0 Å². The minimum absolute atomic E-state index is 0.0667. The second kappa shape index (κ2) is 9.38. The van der Waals surface area contributed by atoms with Gasteiger partial charge in [0, 0.05) is 11.5 Å². The van der Waals surface area contributed by atoms with E-state index in [0.29, 0.717) is 0 Å². The number of aromatic nitrogens is 1. The lowest BCUT2D eigenvalue weighted by Crippen LogP contribution is -2.45. The van der Waals surface area contributed by atoms with Crippen LogP contribution in [-0.2, 0) is 16.1 Å². The number of hydrogen-bond acceptors (Lipinski definition) is 6. The number of carbonyl (C=O) groups is 3. The normalized spacial score (nSPS) is 12.5. The molecule has 1 aliphatic carbocycles. The Bertz CT molecular complexity index is 1190. The predicted molar refractivity (Wildman–Crippen MR) is 122 cm³/mol. The molecule has 0 radical (unpaired) electrons. The van der Waals surface area contributed by atoms with Gasteiger partial charge in [-0.05, 0) is 36.1 Å². The summed E-state index contributed by atoms with van der Waals surface area (Å²) in [6.45, 7) is 3.27. The molecule has 9 heteroatoms. The van der Waals surface area contributed by atoms with Crippen molar-refractivity contribution in [3.8, 4) is 11.1 Å². The average molecular weight is 463 g/mol. The summed E-state index contributed by atoms with van der Waals surface area (Å²) >= 11 is 0. The summed E-state index contributed by atoms with van der Waals surface area (Å²) in [7, 11) is 0. The molecule has 0 atom stereocenters. The number of carboxylic acid groups (broad SMARTS) is 1. The molecule has 1 aromatic heterocycles. The summed E-state index contributed by atoms with van der Waals surface area (Å²) in [4.78, 5) is 35.9.